The van der Waals surface area contributed by atoms with Crippen molar-refractivity contribution in [3.63, 3.8) is 0 Å². The first-order valence-corrected chi connectivity index (χ1v) is 7.11. The summed E-state index contributed by atoms with van der Waals surface area (Å²) in [6.07, 6.45) is 0.790. The van der Waals surface area contributed by atoms with E-state index < -0.39 is 9.84 Å². The van der Waals surface area contributed by atoms with E-state index >= 15 is 0 Å². The van der Waals surface area contributed by atoms with E-state index in [0.29, 0.717) is 32.1 Å². The number of sulfone groups is 1. The molecule has 0 bridgehead atoms. The largest absolute Gasteiger partial charge is 0.376 e. The van der Waals surface area contributed by atoms with Gasteiger partial charge in [0.2, 0.25) is 0 Å². The van der Waals surface area contributed by atoms with Crippen LogP contribution in [0.3, 0.4) is 0 Å². The molecule has 0 aliphatic carbocycles. The summed E-state index contributed by atoms with van der Waals surface area (Å²) in [5.41, 5.74) is 0. The van der Waals surface area contributed by atoms with Gasteiger partial charge in [-0.2, -0.15) is 0 Å². The van der Waals surface area contributed by atoms with Gasteiger partial charge in [0.25, 0.3) is 0 Å². The molecule has 2 aliphatic heterocycles. The molecule has 0 saturated carbocycles. The fraction of sp³-hybridized carbons (Fsp3) is 1.00. The van der Waals surface area contributed by atoms with Gasteiger partial charge in [0.1, 0.15) is 0 Å². The minimum absolute atomic E-state index is 0.0713. The van der Waals surface area contributed by atoms with E-state index in [9.17, 15) is 8.42 Å². The zero-order valence-corrected chi connectivity index (χ0v) is 9.46. The highest BCUT2D eigenvalue weighted by Crippen LogP contribution is 2.11. The van der Waals surface area contributed by atoms with Crippen LogP contribution in [0.5, 0.6) is 0 Å². The smallest absolute Gasteiger partial charge is 0.151 e. The first-order chi connectivity index (χ1) is 7.16. The van der Waals surface area contributed by atoms with Crippen LogP contribution in [0.2, 0.25) is 0 Å². The van der Waals surface area contributed by atoms with Crippen LogP contribution in [0.25, 0.3) is 0 Å². The summed E-state index contributed by atoms with van der Waals surface area (Å²) in [4.78, 5) is 0. The highest BCUT2D eigenvalue weighted by Gasteiger charge is 2.28. The molecule has 0 aromatic rings. The van der Waals surface area contributed by atoms with Crippen molar-refractivity contribution in [2.24, 2.45) is 0 Å². The molecule has 1 N–H and O–H groups in total. The Morgan fingerprint density at radius 1 is 1.33 bits per heavy atom. The number of ether oxygens (including phenoxy) is 2. The van der Waals surface area contributed by atoms with Crippen molar-refractivity contribution in [1.82, 2.24) is 5.32 Å². The van der Waals surface area contributed by atoms with Crippen molar-refractivity contribution in [3.05, 3.63) is 0 Å². The molecule has 0 aromatic carbocycles. The minimum Gasteiger partial charge on any atom is -0.376 e. The van der Waals surface area contributed by atoms with Gasteiger partial charge < -0.3 is 14.8 Å². The maximum Gasteiger partial charge on any atom is 0.151 e. The minimum atomic E-state index is -2.78. The quantitative estimate of drug-likeness (QED) is 0.692. The van der Waals surface area contributed by atoms with Gasteiger partial charge in [-0.05, 0) is 6.42 Å². The molecule has 2 fully saturated rings. The SMILES string of the molecule is O=S1(=O)CCC(NCC2COCCO2)C1. The lowest BCUT2D eigenvalue weighted by atomic mass is 10.2. The lowest BCUT2D eigenvalue weighted by Crippen LogP contribution is -2.41. The van der Waals surface area contributed by atoms with E-state index in [4.69, 9.17) is 9.47 Å². The van der Waals surface area contributed by atoms with Gasteiger partial charge in [-0.25, -0.2) is 8.42 Å². The molecule has 0 spiro atoms. The second-order valence-corrected chi connectivity index (χ2v) is 6.30. The van der Waals surface area contributed by atoms with Crippen LogP contribution in [0.1, 0.15) is 6.42 Å². The summed E-state index contributed by atoms with van der Waals surface area (Å²) in [6, 6.07) is 0.0977. The molecule has 2 atom stereocenters. The first kappa shape index (κ1) is 11.3. The topological polar surface area (TPSA) is 64.6 Å². The highest BCUT2D eigenvalue weighted by molar-refractivity contribution is 7.91. The predicted molar refractivity (Wildman–Crippen MR) is 55.6 cm³/mol. The Morgan fingerprint density at radius 3 is 2.80 bits per heavy atom. The maximum atomic E-state index is 11.2. The second-order valence-electron chi connectivity index (χ2n) is 4.08. The van der Waals surface area contributed by atoms with Gasteiger partial charge in [-0.15, -0.1) is 0 Å². The Hall–Kier alpha value is -0.170. The molecule has 88 valence electrons. The van der Waals surface area contributed by atoms with E-state index in [1.165, 1.54) is 0 Å². The molecule has 2 heterocycles. The zero-order valence-electron chi connectivity index (χ0n) is 8.65. The summed E-state index contributed by atoms with van der Waals surface area (Å²) < 4.78 is 33.1. The number of nitrogens with one attached hydrogen (secondary N) is 1. The van der Waals surface area contributed by atoms with Crippen molar-refractivity contribution < 1.29 is 17.9 Å². The van der Waals surface area contributed by atoms with Gasteiger partial charge in [-0.1, -0.05) is 0 Å². The standard InChI is InChI=1S/C9H17NO4S/c11-15(12)4-1-8(7-15)10-5-9-6-13-2-3-14-9/h8-10H,1-7H2. The third-order valence-electron chi connectivity index (χ3n) is 2.75. The van der Waals surface area contributed by atoms with Crippen LogP contribution in [0, 0.1) is 0 Å². The molecule has 15 heavy (non-hydrogen) atoms. The van der Waals surface area contributed by atoms with Crippen LogP contribution in [-0.4, -0.2) is 58.4 Å². The van der Waals surface area contributed by atoms with Crippen molar-refractivity contribution in [3.8, 4) is 0 Å². The lowest BCUT2D eigenvalue weighted by Gasteiger charge is -2.24. The summed E-state index contributed by atoms with van der Waals surface area (Å²) >= 11 is 0. The van der Waals surface area contributed by atoms with Crippen LogP contribution in [0.4, 0.5) is 0 Å². The van der Waals surface area contributed by atoms with E-state index in [0.717, 1.165) is 6.42 Å². The molecule has 0 radical (unpaired) electrons. The number of hydrogen-bond donors (Lipinski definition) is 1. The maximum absolute atomic E-state index is 11.2. The first-order valence-electron chi connectivity index (χ1n) is 5.29. The van der Waals surface area contributed by atoms with Crippen molar-refractivity contribution >= 4 is 9.84 Å². The number of hydrogen-bond acceptors (Lipinski definition) is 5. The van der Waals surface area contributed by atoms with E-state index in [-0.39, 0.29) is 17.9 Å². The van der Waals surface area contributed by atoms with E-state index in [1.807, 2.05) is 0 Å². The fourth-order valence-corrected chi connectivity index (χ4v) is 3.62. The third-order valence-corrected chi connectivity index (χ3v) is 4.52. The summed E-state index contributed by atoms with van der Waals surface area (Å²) in [7, 11) is -2.78. The average molecular weight is 235 g/mol. The van der Waals surface area contributed by atoms with Gasteiger partial charge >= 0.3 is 0 Å². The van der Waals surface area contributed by atoms with Gasteiger partial charge in [0.15, 0.2) is 9.84 Å². The second kappa shape index (κ2) is 4.78. The van der Waals surface area contributed by atoms with Gasteiger partial charge in [0.05, 0.1) is 37.4 Å². The molecule has 0 aromatic heterocycles. The molecular formula is C9H17NO4S. The molecule has 0 amide bonds. The lowest BCUT2D eigenvalue weighted by molar-refractivity contribution is -0.0868. The van der Waals surface area contributed by atoms with Crippen molar-refractivity contribution in [2.45, 2.75) is 18.6 Å². The Morgan fingerprint density at radius 2 is 2.20 bits per heavy atom. The monoisotopic (exact) mass is 235 g/mol. The normalized spacial score (nSPS) is 35.5. The molecule has 2 unspecified atom stereocenters. The van der Waals surface area contributed by atoms with Crippen LogP contribution in [0.15, 0.2) is 0 Å². The van der Waals surface area contributed by atoms with Crippen molar-refractivity contribution in [1.29, 1.82) is 0 Å². The summed E-state index contributed by atoms with van der Waals surface area (Å²) in [5, 5.41) is 3.22. The Bertz CT molecular complexity index is 297. The Kier molecular flexibility index (Phi) is 3.60. The fourth-order valence-electron chi connectivity index (χ4n) is 1.91. The zero-order chi connectivity index (χ0) is 10.7. The molecule has 2 saturated heterocycles. The van der Waals surface area contributed by atoms with Crippen molar-refractivity contribution in [2.75, 3.05) is 37.9 Å². The predicted octanol–water partition coefficient (Wildman–Crippen LogP) is -0.821. The Labute approximate surface area is 90.0 Å². The van der Waals surface area contributed by atoms with Crippen LogP contribution in [-0.2, 0) is 19.3 Å². The Balaban J connectivity index is 1.70. The molecule has 5 nitrogen and oxygen atoms in total. The number of rotatable bonds is 3. The average Bonchev–Trinajstić information content (AvgIpc) is 2.57. The molecule has 6 heteroatoms. The summed E-state index contributed by atoms with van der Waals surface area (Å²) in [6.45, 7) is 2.58. The van der Waals surface area contributed by atoms with Crippen LogP contribution >= 0.6 is 0 Å². The van der Waals surface area contributed by atoms with Gasteiger partial charge in [-0.3, -0.25) is 0 Å². The molecule has 2 aliphatic rings. The molecule has 2 rings (SSSR count). The van der Waals surface area contributed by atoms with Crippen LogP contribution < -0.4 is 5.32 Å². The highest BCUT2D eigenvalue weighted by atomic mass is 32.2. The van der Waals surface area contributed by atoms with E-state index in [2.05, 4.69) is 5.32 Å². The summed E-state index contributed by atoms with van der Waals surface area (Å²) in [5.74, 6) is 0.577. The van der Waals surface area contributed by atoms with Gasteiger partial charge in [0, 0.05) is 12.6 Å². The van der Waals surface area contributed by atoms with E-state index in [1.54, 1.807) is 0 Å². The molecular weight excluding hydrogens is 218 g/mol. The third kappa shape index (κ3) is 3.41.